The van der Waals surface area contributed by atoms with Gasteiger partial charge in [0.05, 0.1) is 6.54 Å². The SMILES string of the molecule is CCc1ccc(-c2nc(C(=O)O[C@H](C)C(=O)NCc3cccs3)cs2)cc1. The van der Waals surface area contributed by atoms with E-state index in [0.717, 1.165) is 21.9 Å². The molecule has 1 aromatic carbocycles. The van der Waals surface area contributed by atoms with Gasteiger partial charge in [-0.3, -0.25) is 4.79 Å². The highest BCUT2D eigenvalue weighted by Crippen LogP contribution is 2.24. The van der Waals surface area contributed by atoms with Gasteiger partial charge in [-0.15, -0.1) is 22.7 Å². The lowest BCUT2D eigenvalue weighted by atomic mass is 10.1. The summed E-state index contributed by atoms with van der Waals surface area (Å²) in [5.41, 5.74) is 2.42. The van der Waals surface area contributed by atoms with E-state index in [0.29, 0.717) is 6.54 Å². The number of carbonyl (C=O) groups excluding carboxylic acids is 2. The van der Waals surface area contributed by atoms with Gasteiger partial charge in [-0.1, -0.05) is 37.3 Å². The van der Waals surface area contributed by atoms with Gasteiger partial charge in [0.2, 0.25) is 0 Å². The van der Waals surface area contributed by atoms with Gasteiger partial charge < -0.3 is 10.1 Å². The van der Waals surface area contributed by atoms with Crippen molar-refractivity contribution >= 4 is 34.6 Å². The van der Waals surface area contributed by atoms with Crippen molar-refractivity contribution in [1.82, 2.24) is 10.3 Å². The third-order valence-electron chi connectivity index (χ3n) is 3.99. The number of nitrogens with one attached hydrogen (secondary N) is 1. The molecule has 0 radical (unpaired) electrons. The predicted molar refractivity (Wildman–Crippen MR) is 108 cm³/mol. The van der Waals surface area contributed by atoms with Crippen LogP contribution in [0.2, 0.25) is 0 Å². The highest BCUT2D eigenvalue weighted by molar-refractivity contribution is 7.13. The molecule has 7 heteroatoms. The van der Waals surface area contributed by atoms with Gasteiger partial charge >= 0.3 is 5.97 Å². The summed E-state index contributed by atoms with van der Waals surface area (Å²) >= 11 is 2.94. The second kappa shape index (κ2) is 8.92. The van der Waals surface area contributed by atoms with Crippen LogP contribution < -0.4 is 5.32 Å². The summed E-state index contributed by atoms with van der Waals surface area (Å²) < 4.78 is 5.25. The lowest BCUT2D eigenvalue weighted by molar-refractivity contribution is -0.129. The minimum atomic E-state index is -0.883. The number of esters is 1. The van der Waals surface area contributed by atoms with E-state index in [-0.39, 0.29) is 11.6 Å². The molecule has 0 saturated heterocycles. The van der Waals surface area contributed by atoms with Crippen LogP contribution in [0.1, 0.15) is 34.8 Å². The fourth-order valence-corrected chi connectivity index (χ4v) is 3.83. The molecule has 0 aliphatic carbocycles. The Labute approximate surface area is 166 Å². The quantitative estimate of drug-likeness (QED) is 0.601. The molecule has 27 heavy (non-hydrogen) atoms. The van der Waals surface area contributed by atoms with E-state index in [1.54, 1.807) is 23.6 Å². The Kier molecular flexibility index (Phi) is 6.36. The lowest BCUT2D eigenvalue weighted by Crippen LogP contribution is -2.35. The van der Waals surface area contributed by atoms with Crippen LogP contribution in [-0.2, 0) is 22.5 Å². The minimum absolute atomic E-state index is 0.215. The van der Waals surface area contributed by atoms with Gasteiger partial charge in [0.1, 0.15) is 5.01 Å². The Bertz CT molecular complexity index is 902. The summed E-state index contributed by atoms with van der Waals surface area (Å²) in [5.74, 6) is -0.927. The maximum Gasteiger partial charge on any atom is 0.358 e. The highest BCUT2D eigenvalue weighted by atomic mass is 32.1. The Morgan fingerprint density at radius 3 is 2.63 bits per heavy atom. The van der Waals surface area contributed by atoms with Crippen molar-refractivity contribution in [2.24, 2.45) is 0 Å². The van der Waals surface area contributed by atoms with Crippen LogP contribution in [-0.4, -0.2) is 23.0 Å². The number of aryl methyl sites for hydroxylation is 1. The molecule has 0 bridgehead atoms. The van der Waals surface area contributed by atoms with E-state index in [4.69, 9.17) is 4.74 Å². The second-order valence-corrected chi connectivity index (χ2v) is 7.82. The minimum Gasteiger partial charge on any atom is -0.448 e. The van der Waals surface area contributed by atoms with Crippen LogP contribution in [0.25, 0.3) is 10.6 Å². The van der Waals surface area contributed by atoms with Crippen molar-refractivity contribution in [2.45, 2.75) is 32.9 Å². The van der Waals surface area contributed by atoms with E-state index in [2.05, 4.69) is 29.4 Å². The number of hydrogen-bond acceptors (Lipinski definition) is 6. The van der Waals surface area contributed by atoms with Crippen molar-refractivity contribution in [3.8, 4) is 10.6 Å². The Morgan fingerprint density at radius 1 is 1.19 bits per heavy atom. The number of nitrogens with zero attached hydrogens (tertiary/aromatic N) is 1. The number of thiazole rings is 1. The zero-order valence-corrected chi connectivity index (χ0v) is 16.7. The normalized spacial score (nSPS) is 11.8. The number of carbonyl (C=O) groups is 2. The molecule has 3 rings (SSSR count). The standard InChI is InChI=1S/C20H20N2O3S2/c1-3-14-6-8-15(9-7-14)19-22-17(12-27-19)20(24)25-13(2)18(23)21-11-16-5-4-10-26-16/h4-10,12-13H,3,11H2,1-2H3,(H,21,23)/t13-/m1/s1. The average molecular weight is 401 g/mol. The first-order valence-electron chi connectivity index (χ1n) is 8.62. The Balaban J connectivity index is 1.57. The molecule has 0 fully saturated rings. The summed E-state index contributed by atoms with van der Waals surface area (Å²) in [7, 11) is 0. The molecular weight excluding hydrogens is 380 g/mol. The first-order chi connectivity index (χ1) is 13.1. The molecule has 1 atom stereocenters. The predicted octanol–water partition coefficient (Wildman–Crippen LogP) is 4.30. The molecule has 0 aliphatic heterocycles. The zero-order valence-electron chi connectivity index (χ0n) is 15.1. The second-order valence-electron chi connectivity index (χ2n) is 5.93. The molecule has 5 nitrogen and oxygen atoms in total. The van der Waals surface area contributed by atoms with Crippen molar-refractivity contribution in [3.05, 3.63) is 63.3 Å². The number of ether oxygens (including phenoxy) is 1. The fraction of sp³-hybridized carbons (Fsp3) is 0.250. The van der Waals surface area contributed by atoms with Gasteiger partial charge in [-0.25, -0.2) is 9.78 Å². The molecule has 140 valence electrons. The summed E-state index contributed by atoms with van der Waals surface area (Å²) in [6.45, 7) is 4.08. The topological polar surface area (TPSA) is 68.3 Å². The molecule has 0 aliphatic rings. The maximum atomic E-state index is 12.3. The molecule has 0 unspecified atom stereocenters. The van der Waals surface area contributed by atoms with E-state index >= 15 is 0 Å². The van der Waals surface area contributed by atoms with E-state index in [1.165, 1.54) is 16.9 Å². The number of amides is 1. The fourth-order valence-electron chi connectivity index (χ4n) is 2.39. The Hall–Kier alpha value is -2.51. The van der Waals surface area contributed by atoms with Gasteiger partial charge in [-0.2, -0.15) is 0 Å². The number of aromatic nitrogens is 1. The molecule has 2 heterocycles. The molecule has 0 spiro atoms. The van der Waals surface area contributed by atoms with Gasteiger partial charge in [0.15, 0.2) is 11.8 Å². The molecule has 1 N–H and O–H groups in total. The smallest absolute Gasteiger partial charge is 0.358 e. The van der Waals surface area contributed by atoms with Crippen LogP contribution in [0.4, 0.5) is 0 Å². The van der Waals surface area contributed by atoms with Crippen LogP contribution in [0.15, 0.2) is 47.2 Å². The molecular formula is C20H20N2O3S2. The van der Waals surface area contributed by atoms with E-state index < -0.39 is 12.1 Å². The van der Waals surface area contributed by atoms with Crippen molar-refractivity contribution in [3.63, 3.8) is 0 Å². The van der Waals surface area contributed by atoms with Crippen LogP contribution in [0.3, 0.4) is 0 Å². The van der Waals surface area contributed by atoms with Gasteiger partial charge in [0, 0.05) is 15.8 Å². The van der Waals surface area contributed by atoms with E-state index in [9.17, 15) is 9.59 Å². The molecule has 2 aromatic heterocycles. The number of thiophene rings is 1. The number of hydrogen-bond donors (Lipinski definition) is 1. The maximum absolute atomic E-state index is 12.3. The van der Waals surface area contributed by atoms with Crippen LogP contribution >= 0.6 is 22.7 Å². The van der Waals surface area contributed by atoms with Crippen molar-refractivity contribution < 1.29 is 14.3 Å². The first kappa shape index (κ1) is 19.3. The lowest BCUT2D eigenvalue weighted by Gasteiger charge is -2.12. The number of benzene rings is 1. The molecule has 0 saturated carbocycles. The largest absolute Gasteiger partial charge is 0.448 e. The average Bonchev–Trinajstić information content (AvgIpc) is 3.38. The van der Waals surface area contributed by atoms with Gasteiger partial charge in [-0.05, 0) is 30.4 Å². The third kappa shape index (κ3) is 5.02. The summed E-state index contributed by atoms with van der Waals surface area (Å²) in [6, 6.07) is 11.9. The van der Waals surface area contributed by atoms with Crippen LogP contribution in [0.5, 0.6) is 0 Å². The summed E-state index contributed by atoms with van der Waals surface area (Å²) in [5, 5.41) is 7.11. The van der Waals surface area contributed by atoms with Crippen molar-refractivity contribution in [1.29, 1.82) is 0 Å². The Morgan fingerprint density at radius 2 is 1.96 bits per heavy atom. The monoisotopic (exact) mass is 400 g/mol. The number of rotatable bonds is 7. The van der Waals surface area contributed by atoms with Crippen molar-refractivity contribution in [2.75, 3.05) is 0 Å². The van der Waals surface area contributed by atoms with Crippen LogP contribution in [0, 0.1) is 0 Å². The third-order valence-corrected chi connectivity index (χ3v) is 5.76. The summed E-state index contributed by atoms with van der Waals surface area (Å²) in [4.78, 5) is 29.8. The van der Waals surface area contributed by atoms with E-state index in [1.807, 2.05) is 29.6 Å². The highest BCUT2D eigenvalue weighted by Gasteiger charge is 2.21. The molecule has 1 amide bonds. The molecule has 3 aromatic rings. The van der Waals surface area contributed by atoms with Gasteiger partial charge in [0.25, 0.3) is 5.91 Å². The first-order valence-corrected chi connectivity index (χ1v) is 10.4. The summed E-state index contributed by atoms with van der Waals surface area (Å²) in [6.07, 6.45) is 0.0915. The zero-order chi connectivity index (χ0) is 19.2.